The van der Waals surface area contributed by atoms with E-state index >= 15 is 0 Å². The van der Waals surface area contributed by atoms with Gasteiger partial charge in [-0.3, -0.25) is 0 Å². The molecule has 0 aliphatic carbocycles. The monoisotopic (exact) mass is 509 g/mol. The fraction of sp³-hybridized carbons (Fsp3) is 0.969. The number of rotatable bonds is 29. The summed E-state index contributed by atoms with van der Waals surface area (Å²) < 4.78 is 18.4. The van der Waals surface area contributed by atoms with Crippen molar-refractivity contribution in [1.29, 1.82) is 5.26 Å². The third-order valence-corrected chi connectivity index (χ3v) is 6.88. The molecule has 0 heterocycles. The molecule has 214 valence electrons. The van der Waals surface area contributed by atoms with Crippen LogP contribution in [0.1, 0.15) is 169 Å². The van der Waals surface area contributed by atoms with E-state index in [2.05, 4.69) is 33.8 Å². The molecule has 0 N–H and O–H groups in total. The van der Waals surface area contributed by atoms with Gasteiger partial charge in [-0.25, -0.2) is 0 Å². The van der Waals surface area contributed by atoms with Crippen LogP contribution in [0.5, 0.6) is 0 Å². The SMILES string of the molecule is CCCCCCCCCCCOC(CCC#N)CCC(OCCCCCCCCCCC)OC(C)C. The van der Waals surface area contributed by atoms with E-state index in [1.807, 2.05) is 0 Å². The van der Waals surface area contributed by atoms with Gasteiger partial charge in [0.25, 0.3) is 0 Å². The zero-order valence-electron chi connectivity index (χ0n) is 24.9. The van der Waals surface area contributed by atoms with E-state index in [9.17, 15) is 0 Å². The van der Waals surface area contributed by atoms with E-state index in [0.717, 1.165) is 45.3 Å². The van der Waals surface area contributed by atoms with Crippen molar-refractivity contribution < 1.29 is 14.2 Å². The van der Waals surface area contributed by atoms with Crippen LogP contribution in [0.15, 0.2) is 0 Å². The first kappa shape index (κ1) is 35.4. The van der Waals surface area contributed by atoms with E-state index in [-0.39, 0.29) is 18.5 Å². The second kappa shape index (κ2) is 28.9. The normalized spacial score (nSPS) is 13.2. The minimum atomic E-state index is -0.167. The summed E-state index contributed by atoms with van der Waals surface area (Å²) in [7, 11) is 0. The predicted molar refractivity (Wildman–Crippen MR) is 154 cm³/mol. The molecule has 0 aromatic rings. The molecule has 0 aromatic carbocycles. The van der Waals surface area contributed by atoms with Crippen molar-refractivity contribution in [2.24, 2.45) is 0 Å². The quantitative estimate of drug-likeness (QED) is 0.0743. The average Bonchev–Trinajstić information content (AvgIpc) is 2.86. The highest BCUT2D eigenvalue weighted by molar-refractivity contribution is 4.73. The van der Waals surface area contributed by atoms with Gasteiger partial charge in [0.1, 0.15) is 0 Å². The van der Waals surface area contributed by atoms with Gasteiger partial charge in [0.2, 0.25) is 0 Å². The number of unbranched alkanes of at least 4 members (excludes halogenated alkanes) is 16. The van der Waals surface area contributed by atoms with Crippen molar-refractivity contribution >= 4 is 0 Å². The van der Waals surface area contributed by atoms with Crippen LogP contribution in [0.25, 0.3) is 0 Å². The lowest BCUT2D eigenvalue weighted by molar-refractivity contribution is -0.170. The molecule has 36 heavy (non-hydrogen) atoms. The summed E-state index contributed by atoms with van der Waals surface area (Å²) in [5, 5.41) is 9.06. The Morgan fingerprint density at radius 1 is 0.556 bits per heavy atom. The number of ether oxygens (including phenoxy) is 3. The number of nitriles is 1. The molecule has 2 atom stereocenters. The first-order valence-electron chi connectivity index (χ1n) is 15.9. The molecular formula is C32H63NO3. The summed E-state index contributed by atoms with van der Waals surface area (Å²) in [6.07, 6.45) is 27.0. The van der Waals surface area contributed by atoms with Crippen molar-refractivity contribution in [2.75, 3.05) is 13.2 Å². The first-order chi connectivity index (χ1) is 17.6. The summed E-state index contributed by atoms with van der Waals surface area (Å²) >= 11 is 0. The molecule has 0 aliphatic rings. The van der Waals surface area contributed by atoms with Gasteiger partial charge in [-0.1, -0.05) is 117 Å². The van der Waals surface area contributed by atoms with Gasteiger partial charge < -0.3 is 14.2 Å². The maximum atomic E-state index is 9.06. The maximum absolute atomic E-state index is 9.06. The van der Waals surface area contributed by atoms with Crippen molar-refractivity contribution in [2.45, 2.75) is 187 Å². The van der Waals surface area contributed by atoms with E-state index < -0.39 is 0 Å². The van der Waals surface area contributed by atoms with Gasteiger partial charge in [-0.2, -0.15) is 5.26 Å². The molecule has 0 amide bonds. The Balaban J connectivity index is 4.06. The molecule has 0 fully saturated rings. The standard InChI is InChI=1S/C32H63NO3/c1-5-7-9-11-13-15-17-19-21-28-34-31(24-23-27-33)25-26-32(36-30(3)4)35-29-22-20-18-16-14-12-10-8-6-2/h30-32H,5-26,28-29H2,1-4H3. The molecule has 0 rings (SSSR count). The number of hydrogen-bond acceptors (Lipinski definition) is 4. The molecule has 0 spiro atoms. The molecule has 4 nitrogen and oxygen atoms in total. The molecule has 0 radical (unpaired) electrons. The second-order valence-electron chi connectivity index (χ2n) is 10.9. The Morgan fingerprint density at radius 2 is 1.00 bits per heavy atom. The van der Waals surface area contributed by atoms with Crippen molar-refractivity contribution in [3.8, 4) is 6.07 Å². The van der Waals surface area contributed by atoms with Gasteiger partial charge in [-0.15, -0.1) is 0 Å². The molecule has 0 bridgehead atoms. The van der Waals surface area contributed by atoms with Crippen LogP contribution in [-0.2, 0) is 14.2 Å². The maximum Gasteiger partial charge on any atom is 0.158 e. The first-order valence-corrected chi connectivity index (χ1v) is 15.9. The van der Waals surface area contributed by atoms with Crippen LogP contribution >= 0.6 is 0 Å². The third-order valence-electron chi connectivity index (χ3n) is 6.88. The van der Waals surface area contributed by atoms with E-state index in [0.29, 0.717) is 6.42 Å². The summed E-state index contributed by atoms with van der Waals surface area (Å²) in [4.78, 5) is 0. The number of hydrogen-bond donors (Lipinski definition) is 0. The van der Waals surface area contributed by atoms with Crippen molar-refractivity contribution in [1.82, 2.24) is 0 Å². The third kappa shape index (κ3) is 26.4. The summed E-state index contributed by atoms with van der Waals surface area (Å²) in [6, 6.07) is 2.29. The molecule has 0 aromatic heterocycles. The van der Waals surface area contributed by atoms with Crippen LogP contribution in [0.2, 0.25) is 0 Å². The number of nitrogens with zero attached hydrogens (tertiary/aromatic N) is 1. The average molecular weight is 510 g/mol. The van der Waals surface area contributed by atoms with Gasteiger partial charge in [0, 0.05) is 26.1 Å². The van der Waals surface area contributed by atoms with E-state index in [1.54, 1.807) is 0 Å². The molecule has 2 unspecified atom stereocenters. The van der Waals surface area contributed by atoms with Crippen LogP contribution in [-0.4, -0.2) is 31.7 Å². The van der Waals surface area contributed by atoms with Gasteiger partial charge in [0.05, 0.1) is 18.3 Å². The lowest BCUT2D eigenvalue weighted by Crippen LogP contribution is -2.25. The summed E-state index contributed by atoms with van der Waals surface area (Å²) in [5.41, 5.74) is 0. The Hall–Kier alpha value is -0.630. The minimum Gasteiger partial charge on any atom is -0.378 e. The Kier molecular flexibility index (Phi) is 28.4. The van der Waals surface area contributed by atoms with Gasteiger partial charge in [-0.05, 0) is 39.5 Å². The van der Waals surface area contributed by atoms with Crippen LogP contribution in [0.3, 0.4) is 0 Å². The van der Waals surface area contributed by atoms with Crippen molar-refractivity contribution in [3.05, 3.63) is 0 Å². The largest absolute Gasteiger partial charge is 0.378 e. The van der Waals surface area contributed by atoms with Crippen molar-refractivity contribution in [3.63, 3.8) is 0 Å². The van der Waals surface area contributed by atoms with E-state index in [4.69, 9.17) is 19.5 Å². The highest BCUT2D eigenvalue weighted by Crippen LogP contribution is 2.17. The fourth-order valence-corrected chi connectivity index (χ4v) is 4.64. The Morgan fingerprint density at radius 3 is 1.44 bits per heavy atom. The van der Waals surface area contributed by atoms with Gasteiger partial charge in [0.15, 0.2) is 6.29 Å². The molecular weight excluding hydrogens is 446 g/mol. The molecule has 4 heteroatoms. The molecule has 0 saturated heterocycles. The lowest BCUT2D eigenvalue weighted by Gasteiger charge is -2.24. The molecule has 0 saturated carbocycles. The minimum absolute atomic E-state index is 0.133. The van der Waals surface area contributed by atoms with E-state index in [1.165, 1.54) is 103 Å². The smallest absolute Gasteiger partial charge is 0.158 e. The fourth-order valence-electron chi connectivity index (χ4n) is 4.64. The zero-order valence-corrected chi connectivity index (χ0v) is 24.9. The van der Waals surface area contributed by atoms with Gasteiger partial charge >= 0.3 is 0 Å². The highest BCUT2D eigenvalue weighted by atomic mass is 16.7. The Labute approximate surface area is 226 Å². The Bertz CT molecular complexity index is 463. The highest BCUT2D eigenvalue weighted by Gasteiger charge is 2.16. The lowest BCUT2D eigenvalue weighted by atomic mass is 10.1. The van der Waals surface area contributed by atoms with Crippen LogP contribution in [0, 0.1) is 11.3 Å². The summed E-state index contributed by atoms with van der Waals surface area (Å²) in [5.74, 6) is 0. The second-order valence-corrected chi connectivity index (χ2v) is 10.9. The summed E-state index contributed by atoms with van der Waals surface area (Å²) in [6.45, 7) is 10.3. The van der Waals surface area contributed by atoms with Crippen LogP contribution < -0.4 is 0 Å². The van der Waals surface area contributed by atoms with Crippen LogP contribution in [0.4, 0.5) is 0 Å². The topological polar surface area (TPSA) is 51.5 Å². The zero-order chi connectivity index (χ0) is 26.5. The predicted octanol–water partition coefficient (Wildman–Crippen LogP) is 10.3. The molecule has 0 aliphatic heterocycles.